The number of para-hydroxylation sites is 2. The molecule has 1 aliphatic rings. The number of nitrogens with one attached hydrogen (secondary N) is 2. The molecule has 1 heterocycles. The zero-order chi connectivity index (χ0) is 19.2. The van der Waals surface area contributed by atoms with Crippen molar-refractivity contribution >= 4 is 17.0 Å². The molecule has 1 aromatic heterocycles. The van der Waals surface area contributed by atoms with Crippen LogP contribution in [0.15, 0.2) is 59.9 Å². The zero-order valence-corrected chi connectivity index (χ0v) is 16.6. The Labute approximate surface area is 166 Å². The number of hydrogen-bond donors (Lipinski definition) is 2. The van der Waals surface area contributed by atoms with Crippen LogP contribution in [-0.2, 0) is 13.1 Å². The van der Waals surface area contributed by atoms with Crippen molar-refractivity contribution in [3.63, 3.8) is 0 Å². The van der Waals surface area contributed by atoms with Crippen LogP contribution in [-0.4, -0.2) is 28.1 Å². The first-order chi connectivity index (χ1) is 13.8. The molecule has 0 bridgehead atoms. The number of hydrogen-bond acceptors (Lipinski definition) is 2. The van der Waals surface area contributed by atoms with Crippen LogP contribution >= 0.6 is 0 Å². The van der Waals surface area contributed by atoms with Crippen molar-refractivity contribution in [3.8, 4) is 0 Å². The van der Waals surface area contributed by atoms with E-state index in [1.54, 1.807) is 0 Å². The van der Waals surface area contributed by atoms with E-state index in [1.807, 2.05) is 12.4 Å². The van der Waals surface area contributed by atoms with Crippen LogP contribution in [0.25, 0.3) is 11.0 Å². The first-order valence-corrected chi connectivity index (χ1v) is 10.3. The smallest absolute Gasteiger partial charge is 0.191 e. The number of guanidine groups is 1. The van der Waals surface area contributed by atoms with E-state index in [4.69, 9.17) is 4.99 Å². The van der Waals surface area contributed by atoms with Gasteiger partial charge in [0.25, 0.3) is 0 Å². The normalized spacial score (nSPS) is 15.2. The molecule has 0 atom stereocenters. The third-order valence-corrected chi connectivity index (χ3v) is 5.36. The Morgan fingerprint density at radius 3 is 2.61 bits per heavy atom. The van der Waals surface area contributed by atoms with Gasteiger partial charge in [0, 0.05) is 19.1 Å². The molecule has 0 amide bonds. The van der Waals surface area contributed by atoms with Gasteiger partial charge in [-0.3, -0.25) is 0 Å². The van der Waals surface area contributed by atoms with Gasteiger partial charge in [0.15, 0.2) is 5.96 Å². The Kier molecular flexibility index (Phi) is 5.90. The maximum atomic E-state index is 4.77. The van der Waals surface area contributed by atoms with Crippen molar-refractivity contribution in [2.75, 3.05) is 6.54 Å². The molecule has 146 valence electrons. The van der Waals surface area contributed by atoms with E-state index in [0.717, 1.165) is 24.6 Å². The Morgan fingerprint density at radius 2 is 1.82 bits per heavy atom. The van der Waals surface area contributed by atoms with E-state index in [0.29, 0.717) is 12.6 Å². The minimum absolute atomic E-state index is 0.574. The van der Waals surface area contributed by atoms with Gasteiger partial charge in [0.1, 0.15) is 0 Å². The van der Waals surface area contributed by atoms with Crippen LogP contribution in [0.5, 0.6) is 0 Å². The number of rotatable bonds is 6. The van der Waals surface area contributed by atoms with Crippen molar-refractivity contribution in [2.24, 2.45) is 4.99 Å². The molecule has 0 unspecified atom stereocenters. The van der Waals surface area contributed by atoms with Crippen LogP contribution in [0.1, 0.15) is 43.7 Å². The monoisotopic (exact) mass is 375 g/mol. The lowest BCUT2D eigenvalue weighted by molar-refractivity contribution is 0.614. The summed E-state index contributed by atoms with van der Waals surface area (Å²) < 4.78 is 2.19. The molecule has 0 aliphatic heterocycles. The van der Waals surface area contributed by atoms with Gasteiger partial charge in [-0.1, -0.05) is 49.2 Å². The van der Waals surface area contributed by atoms with Crippen LogP contribution in [0, 0.1) is 0 Å². The molecular formula is C23H29N5. The molecule has 28 heavy (non-hydrogen) atoms. The predicted octanol–water partition coefficient (Wildman–Crippen LogP) is 4.08. The fraction of sp³-hybridized carbons (Fsp3) is 0.391. The van der Waals surface area contributed by atoms with Crippen LogP contribution < -0.4 is 10.6 Å². The number of aromatic nitrogens is 2. The lowest BCUT2D eigenvalue weighted by atomic mass is 10.1. The number of benzene rings is 2. The van der Waals surface area contributed by atoms with Crippen molar-refractivity contribution in [3.05, 3.63) is 66.0 Å². The van der Waals surface area contributed by atoms with E-state index in [2.05, 4.69) is 69.6 Å². The average molecular weight is 376 g/mol. The highest BCUT2D eigenvalue weighted by Crippen LogP contribution is 2.18. The summed E-state index contributed by atoms with van der Waals surface area (Å²) in [5.41, 5.74) is 4.71. The molecule has 3 aromatic rings. The first kappa shape index (κ1) is 18.5. The largest absolute Gasteiger partial charge is 0.357 e. The summed E-state index contributed by atoms with van der Waals surface area (Å²) in [6.07, 6.45) is 7.07. The first-order valence-electron chi connectivity index (χ1n) is 10.3. The Balaban J connectivity index is 1.39. The number of fused-ring (bicyclic) bond motifs is 1. The maximum Gasteiger partial charge on any atom is 0.191 e. The quantitative estimate of drug-likeness (QED) is 0.504. The summed E-state index contributed by atoms with van der Waals surface area (Å²) in [5.74, 6) is 0.934. The van der Waals surface area contributed by atoms with E-state index in [-0.39, 0.29) is 0 Å². The molecule has 1 fully saturated rings. The highest BCUT2D eigenvalue weighted by Gasteiger charge is 2.15. The number of aliphatic imine (C=N–C) groups is 1. The predicted molar refractivity (Wildman–Crippen MR) is 115 cm³/mol. The van der Waals surface area contributed by atoms with Gasteiger partial charge in [0.05, 0.1) is 23.9 Å². The topological polar surface area (TPSA) is 54.2 Å². The highest BCUT2D eigenvalue weighted by atomic mass is 15.2. The molecule has 1 saturated carbocycles. The molecule has 1 aliphatic carbocycles. The molecule has 0 spiro atoms. The lowest BCUT2D eigenvalue weighted by Gasteiger charge is -2.16. The van der Waals surface area contributed by atoms with Crippen LogP contribution in [0.3, 0.4) is 0 Å². The Hall–Kier alpha value is -2.82. The molecule has 4 rings (SSSR count). The fourth-order valence-electron chi connectivity index (χ4n) is 3.84. The third kappa shape index (κ3) is 4.53. The molecular weight excluding hydrogens is 346 g/mol. The lowest BCUT2D eigenvalue weighted by Crippen LogP contribution is -2.42. The van der Waals surface area contributed by atoms with E-state index in [9.17, 15) is 0 Å². The summed E-state index contributed by atoms with van der Waals surface area (Å²) in [7, 11) is 0. The van der Waals surface area contributed by atoms with Gasteiger partial charge in [-0.2, -0.15) is 0 Å². The second-order valence-corrected chi connectivity index (χ2v) is 7.50. The van der Waals surface area contributed by atoms with E-state index < -0.39 is 0 Å². The molecule has 0 saturated heterocycles. The SMILES string of the molecule is CCNC(=NCc1ccc(Cn2cnc3ccccc32)cc1)NC1CCCC1. The van der Waals surface area contributed by atoms with Gasteiger partial charge >= 0.3 is 0 Å². The van der Waals surface area contributed by atoms with Crippen molar-refractivity contribution in [1.82, 2.24) is 20.2 Å². The highest BCUT2D eigenvalue weighted by molar-refractivity contribution is 5.80. The zero-order valence-electron chi connectivity index (χ0n) is 16.6. The number of imidazole rings is 1. The van der Waals surface area contributed by atoms with E-state index >= 15 is 0 Å². The average Bonchev–Trinajstić information content (AvgIpc) is 3.38. The minimum atomic E-state index is 0.574. The maximum absolute atomic E-state index is 4.77. The summed E-state index contributed by atoms with van der Waals surface area (Å²) >= 11 is 0. The second-order valence-electron chi connectivity index (χ2n) is 7.50. The van der Waals surface area contributed by atoms with Crippen molar-refractivity contribution < 1.29 is 0 Å². The summed E-state index contributed by atoms with van der Waals surface area (Å²) in [5, 5.41) is 6.94. The third-order valence-electron chi connectivity index (χ3n) is 5.36. The summed E-state index contributed by atoms with van der Waals surface area (Å²) in [6.45, 7) is 4.52. The van der Waals surface area contributed by atoms with Gasteiger partial charge in [0.2, 0.25) is 0 Å². The minimum Gasteiger partial charge on any atom is -0.357 e. The van der Waals surface area contributed by atoms with Gasteiger partial charge in [-0.25, -0.2) is 9.98 Å². The molecule has 5 heteroatoms. The Morgan fingerprint density at radius 1 is 1.07 bits per heavy atom. The molecule has 2 N–H and O–H groups in total. The summed E-state index contributed by atoms with van der Waals surface area (Å²) in [6, 6.07) is 17.6. The van der Waals surface area contributed by atoms with Crippen molar-refractivity contribution in [1.29, 1.82) is 0 Å². The van der Waals surface area contributed by atoms with Gasteiger partial charge in [-0.05, 0) is 43.0 Å². The van der Waals surface area contributed by atoms with E-state index in [1.165, 1.54) is 42.3 Å². The number of nitrogens with zero attached hydrogens (tertiary/aromatic N) is 3. The second kappa shape index (κ2) is 8.91. The summed E-state index contributed by atoms with van der Waals surface area (Å²) in [4.78, 5) is 9.24. The molecule has 0 radical (unpaired) electrons. The standard InChI is InChI=1S/C23H29N5/c1-2-24-23(27-20-7-3-4-8-20)25-15-18-11-13-19(14-12-18)16-28-17-26-21-9-5-6-10-22(21)28/h5-6,9-14,17,20H,2-4,7-8,15-16H2,1H3,(H2,24,25,27). The van der Waals surface area contributed by atoms with Crippen LogP contribution in [0.4, 0.5) is 0 Å². The molecule has 2 aromatic carbocycles. The van der Waals surface area contributed by atoms with Crippen LogP contribution in [0.2, 0.25) is 0 Å². The van der Waals surface area contributed by atoms with Gasteiger partial charge < -0.3 is 15.2 Å². The molecule has 5 nitrogen and oxygen atoms in total. The fourth-order valence-corrected chi connectivity index (χ4v) is 3.84. The van der Waals surface area contributed by atoms with Crippen molar-refractivity contribution in [2.45, 2.75) is 51.7 Å². The Bertz CT molecular complexity index is 920. The van der Waals surface area contributed by atoms with Gasteiger partial charge in [-0.15, -0.1) is 0 Å².